The van der Waals surface area contributed by atoms with Gasteiger partial charge in [0.1, 0.15) is 5.75 Å². The number of hydrogen-bond donors (Lipinski definition) is 1. The highest BCUT2D eigenvalue weighted by Gasteiger charge is 2.20. The minimum Gasteiger partial charge on any atom is -0.493 e. The number of ether oxygens (including phenoxy) is 1. The highest BCUT2D eigenvalue weighted by Crippen LogP contribution is 2.37. The number of thioether (sulfide) groups is 1. The molecule has 76 valence electrons. The third-order valence-electron chi connectivity index (χ3n) is 2.68. The molecule has 0 saturated heterocycles. The molecule has 1 aromatic rings. The predicted molar refractivity (Wildman–Crippen MR) is 60.0 cm³/mol. The Labute approximate surface area is 88.8 Å². The van der Waals surface area contributed by atoms with Crippen LogP contribution in [0.4, 0.5) is 0 Å². The molecule has 1 aliphatic heterocycles. The lowest BCUT2D eigenvalue weighted by Crippen LogP contribution is -2.21. The summed E-state index contributed by atoms with van der Waals surface area (Å²) in [6.45, 7) is 2.84. The molecule has 1 aromatic carbocycles. The molecule has 3 heteroatoms. The van der Waals surface area contributed by atoms with Crippen molar-refractivity contribution < 1.29 is 4.74 Å². The number of fused-ring (bicyclic) bond motifs is 1. The average Bonchev–Trinajstić information content (AvgIpc) is 2.20. The number of benzene rings is 1. The number of hydrogen-bond acceptors (Lipinski definition) is 3. The molecule has 0 bridgehead atoms. The molecule has 0 amide bonds. The fraction of sp³-hybridized carbons (Fsp3) is 0.455. The van der Waals surface area contributed by atoms with Crippen LogP contribution in [0.2, 0.25) is 0 Å². The Bertz CT molecular complexity index is 351. The summed E-state index contributed by atoms with van der Waals surface area (Å²) in [4.78, 5) is 1.28. The van der Waals surface area contributed by atoms with Gasteiger partial charge >= 0.3 is 0 Å². The Morgan fingerprint density at radius 3 is 3.00 bits per heavy atom. The molecule has 0 aliphatic carbocycles. The van der Waals surface area contributed by atoms with Crippen LogP contribution in [-0.2, 0) is 0 Å². The maximum atomic E-state index is 6.02. The summed E-state index contributed by atoms with van der Waals surface area (Å²) < 4.78 is 5.67. The summed E-state index contributed by atoms with van der Waals surface area (Å²) in [5, 5.41) is 0. The zero-order valence-electron chi connectivity index (χ0n) is 8.54. The molecule has 2 rings (SSSR count). The molecule has 0 fully saturated rings. The Kier molecular flexibility index (Phi) is 2.70. The lowest BCUT2D eigenvalue weighted by molar-refractivity contribution is 0.266. The van der Waals surface area contributed by atoms with Gasteiger partial charge in [0, 0.05) is 28.5 Å². The Balaban J connectivity index is 2.52. The van der Waals surface area contributed by atoms with Crippen LogP contribution in [0, 0.1) is 6.92 Å². The first kappa shape index (κ1) is 9.87. The smallest absolute Gasteiger partial charge is 0.128 e. The number of rotatable bonds is 1. The van der Waals surface area contributed by atoms with Gasteiger partial charge in [0.2, 0.25) is 0 Å². The van der Waals surface area contributed by atoms with E-state index in [-0.39, 0.29) is 6.04 Å². The molecule has 1 atom stereocenters. The first-order chi connectivity index (χ1) is 6.74. The standard InChI is InChI=1S/C11H15NOS/c1-7-10(14-2)4-3-8-9(12)5-6-13-11(7)8/h3-4,9H,5-6,12H2,1-2H3/t9-/m0/s1. The van der Waals surface area contributed by atoms with E-state index in [0.717, 1.165) is 24.3 Å². The largest absolute Gasteiger partial charge is 0.493 e. The van der Waals surface area contributed by atoms with Crippen molar-refractivity contribution in [2.24, 2.45) is 5.73 Å². The van der Waals surface area contributed by atoms with Crippen molar-refractivity contribution in [1.82, 2.24) is 0 Å². The molecule has 2 nitrogen and oxygen atoms in total. The third-order valence-corrected chi connectivity index (χ3v) is 3.56. The van der Waals surface area contributed by atoms with E-state index in [1.165, 1.54) is 10.5 Å². The summed E-state index contributed by atoms with van der Waals surface area (Å²) >= 11 is 1.75. The molecule has 1 aliphatic rings. The van der Waals surface area contributed by atoms with Gasteiger partial charge in [-0.1, -0.05) is 6.07 Å². The quantitative estimate of drug-likeness (QED) is 0.722. The van der Waals surface area contributed by atoms with Crippen molar-refractivity contribution in [3.05, 3.63) is 23.3 Å². The monoisotopic (exact) mass is 209 g/mol. The Hall–Kier alpha value is -0.670. The van der Waals surface area contributed by atoms with Crippen molar-refractivity contribution in [2.45, 2.75) is 24.3 Å². The van der Waals surface area contributed by atoms with Crippen LogP contribution in [0.25, 0.3) is 0 Å². The molecule has 0 radical (unpaired) electrons. The van der Waals surface area contributed by atoms with Crippen molar-refractivity contribution in [3.63, 3.8) is 0 Å². The van der Waals surface area contributed by atoms with Gasteiger partial charge in [-0.25, -0.2) is 0 Å². The first-order valence-electron chi connectivity index (χ1n) is 4.80. The minimum absolute atomic E-state index is 0.147. The van der Waals surface area contributed by atoms with E-state index in [4.69, 9.17) is 10.5 Å². The molecule has 1 heterocycles. The summed E-state index contributed by atoms with van der Waals surface area (Å²) in [7, 11) is 0. The highest BCUT2D eigenvalue weighted by atomic mass is 32.2. The maximum absolute atomic E-state index is 6.02. The molecule has 0 saturated carbocycles. The lowest BCUT2D eigenvalue weighted by Gasteiger charge is -2.25. The van der Waals surface area contributed by atoms with Crippen LogP contribution in [0.5, 0.6) is 5.75 Å². The molecular weight excluding hydrogens is 194 g/mol. The van der Waals surface area contributed by atoms with Gasteiger partial charge in [0.05, 0.1) is 6.61 Å². The van der Waals surface area contributed by atoms with Crippen LogP contribution < -0.4 is 10.5 Å². The van der Waals surface area contributed by atoms with Crippen molar-refractivity contribution >= 4 is 11.8 Å². The van der Waals surface area contributed by atoms with E-state index >= 15 is 0 Å². The molecule has 0 spiro atoms. The first-order valence-corrected chi connectivity index (χ1v) is 6.02. The fourth-order valence-electron chi connectivity index (χ4n) is 1.84. The summed E-state index contributed by atoms with van der Waals surface area (Å²) in [5.41, 5.74) is 8.41. The third kappa shape index (κ3) is 1.51. The van der Waals surface area contributed by atoms with E-state index in [1.807, 2.05) is 0 Å². The Morgan fingerprint density at radius 2 is 2.29 bits per heavy atom. The van der Waals surface area contributed by atoms with E-state index in [1.54, 1.807) is 11.8 Å². The van der Waals surface area contributed by atoms with Crippen molar-refractivity contribution in [1.29, 1.82) is 0 Å². The van der Waals surface area contributed by atoms with E-state index in [0.29, 0.717) is 0 Å². The van der Waals surface area contributed by atoms with Crippen molar-refractivity contribution in [3.8, 4) is 5.75 Å². The highest BCUT2D eigenvalue weighted by molar-refractivity contribution is 7.98. The SMILES string of the molecule is CSc1ccc2c(c1C)OCC[C@@H]2N. The minimum atomic E-state index is 0.147. The normalized spacial score (nSPS) is 20.1. The topological polar surface area (TPSA) is 35.2 Å². The van der Waals surface area contributed by atoms with Gasteiger partial charge < -0.3 is 10.5 Å². The van der Waals surface area contributed by atoms with Gasteiger partial charge in [-0.3, -0.25) is 0 Å². The average molecular weight is 209 g/mol. The van der Waals surface area contributed by atoms with Gasteiger partial charge in [-0.05, 0) is 19.2 Å². The van der Waals surface area contributed by atoms with Gasteiger partial charge in [0.25, 0.3) is 0 Å². The second-order valence-corrected chi connectivity index (χ2v) is 4.40. The van der Waals surface area contributed by atoms with Crippen LogP contribution in [0.1, 0.15) is 23.6 Å². The molecule has 14 heavy (non-hydrogen) atoms. The van der Waals surface area contributed by atoms with E-state index in [9.17, 15) is 0 Å². The lowest BCUT2D eigenvalue weighted by atomic mass is 9.99. The summed E-state index contributed by atoms with van der Waals surface area (Å²) in [6, 6.07) is 4.37. The molecule has 0 aromatic heterocycles. The van der Waals surface area contributed by atoms with E-state index in [2.05, 4.69) is 25.3 Å². The summed E-state index contributed by atoms with van der Waals surface area (Å²) in [5.74, 6) is 1.01. The van der Waals surface area contributed by atoms with E-state index < -0.39 is 0 Å². The van der Waals surface area contributed by atoms with Gasteiger partial charge in [-0.15, -0.1) is 11.8 Å². The maximum Gasteiger partial charge on any atom is 0.128 e. The van der Waals surface area contributed by atoms with Gasteiger partial charge in [0.15, 0.2) is 0 Å². The number of nitrogens with two attached hydrogens (primary N) is 1. The van der Waals surface area contributed by atoms with Gasteiger partial charge in [-0.2, -0.15) is 0 Å². The van der Waals surface area contributed by atoms with Crippen molar-refractivity contribution in [2.75, 3.05) is 12.9 Å². The molecule has 0 unspecified atom stereocenters. The van der Waals surface area contributed by atoms with Crippen LogP contribution >= 0.6 is 11.8 Å². The van der Waals surface area contributed by atoms with Crippen LogP contribution in [0.15, 0.2) is 17.0 Å². The second kappa shape index (κ2) is 3.83. The fourth-order valence-corrected chi connectivity index (χ4v) is 2.45. The Morgan fingerprint density at radius 1 is 1.50 bits per heavy atom. The zero-order valence-corrected chi connectivity index (χ0v) is 9.36. The zero-order chi connectivity index (χ0) is 10.1. The van der Waals surface area contributed by atoms with Crippen LogP contribution in [0.3, 0.4) is 0 Å². The van der Waals surface area contributed by atoms with Crippen LogP contribution in [-0.4, -0.2) is 12.9 Å². The molecular formula is C11H15NOS. The second-order valence-electron chi connectivity index (χ2n) is 3.55. The molecule has 2 N–H and O–H groups in total. The predicted octanol–water partition coefficient (Wildman–Crippen LogP) is 2.50. The summed E-state index contributed by atoms with van der Waals surface area (Å²) in [6.07, 6.45) is 3.00.